The molecule has 0 N–H and O–H groups in total. The van der Waals surface area contributed by atoms with Gasteiger partial charge in [-0.15, -0.1) is 16.9 Å². The number of ether oxygens (including phenoxy) is 1. The monoisotopic (exact) mass is 437 g/mol. The van der Waals surface area contributed by atoms with E-state index in [1.165, 1.54) is 33.6 Å². The molecule has 2 aromatic heterocycles. The summed E-state index contributed by atoms with van der Waals surface area (Å²) in [4.78, 5) is 19.1. The van der Waals surface area contributed by atoms with Crippen LogP contribution in [0.3, 0.4) is 0 Å². The molecule has 0 fully saturated rings. The zero-order chi connectivity index (χ0) is 20.9. The van der Waals surface area contributed by atoms with E-state index in [0.29, 0.717) is 15.3 Å². The van der Waals surface area contributed by atoms with Crippen LogP contribution in [0.15, 0.2) is 58.2 Å². The molecule has 0 aliphatic heterocycles. The zero-order valence-corrected chi connectivity index (χ0v) is 18.6. The second kappa shape index (κ2) is 9.45. The van der Waals surface area contributed by atoms with Crippen molar-refractivity contribution >= 4 is 34.1 Å². The molecule has 4 rings (SSSR count). The van der Waals surface area contributed by atoms with E-state index in [0.717, 1.165) is 29.9 Å². The SMILES string of the molecule is CCCCCOc1ccc(-c2nc3s/c(=C/c4ccc(SC)cc4)c(=O)n3n2)cc1. The highest BCUT2D eigenvalue weighted by atomic mass is 32.2. The Kier molecular flexibility index (Phi) is 6.50. The standard InChI is InChI=1S/C23H23N3O2S2/c1-3-4-5-14-28-18-10-8-17(9-11-18)21-24-23-26(25-21)22(27)20(30-23)15-16-6-12-19(29-2)13-7-16/h6-13,15H,3-5,14H2,1-2H3/b20-15+. The quantitative estimate of drug-likeness (QED) is 0.296. The van der Waals surface area contributed by atoms with Gasteiger partial charge in [0.15, 0.2) is 5.82 Å². The molecule has 0 aliphatic carbocycles. The third-order valence-electron chi connectivity index (χ3n) is 4.72. The van der Waals surface area contributed by atoms with Crippen molar-refractivity contribution in [2.24, 2.45) is 0 Å². The lowest BCUT2D eigenvalue weighted by molar-refractivity contribution is 0.306. The highest BCUT2D eigenvalue weighted by molar-refractivity contribution is 7.98. The van der Waals surface area contributed by atoms with E-state index in [1.807, 2.05) is 60.9 Å². The summed E-state index contributed by atoms with van der Waals surface area (Å²) in [6, 6.07) is 15.8. The van der Waals surface area contributed by atoms with Crippen molar-refractivity contribution in [2.45, 2.75) is 31.1 Å². The molecule has 0 radical (unpaired) electrons. The molecule has 0 bridgehead atoms. The molecule has 2 heterocycles. The molecular weight excluding hydrogens is 414 g/mol. The number of benzene rings is 2. The van der Waals surface area contributed by atoms with Crippen LogP contribution in [-0.2, 0) is 0 Å². The number of unbranched alkanes of at least 4 members (excludes halogenated alkanes) is 2. The number of rotatable bonds is 8. The first-order chi connectivity index (χ1) is 14.7. The van der Waals surface area contributed by atoms with Gasteiger partial charge in [0, 0.05) is 10.5 Å². The summed E-state index contributed by atoms with van der Waals surface area (Å²) in [6.07, 6.45) is 7.34. The van der Waals surface area contributed by atoms with E-state index in [2.05, 4.69) is 17.0 Å². The van der Waals surface area contributed by atoms with Gasteiger partial charge in [-0.2, -0.15) is 9.50 Å². The lowest BCUT2D eigenvalue weighted by Crippen LogP contribution is -2.23. The molecule has 7 heteroatoms. The van der Waals surface area contributed by atoms with Crippen LogP contribution in [0.5, 0.6) is 5.75 Å². The molecule has 154 valence electrons. The van der Waals surface area contributed by atoms with Gasteiger partial charge in [-0.05, 0) is 60.7 Å². The summed E-state index contributed by atoms with van der Waals surface area (Å²) >= 11 is 3.05. The van der Waals surface area contributed by atoms with Crippen molar-refractivity contribution in [3.05, 3.63) is 69.0 Å². The Morgan fingerprint density at radius 3 is 2.53 bits per heavy atom. The summed E-state index contributed by atoms with van der Waals surface area (Å²) in [7, 11) is 0. The maximum atomic E-state index is 12.7. The van der Waals surface area contributed by atoms with Crippen LogP contribution in [0.25, 0.3) is 22.4 Å². The van der Waals surface area contributed by atoms with Crippen LogP contribution < -0.4 is 14.8 Å². The van der Waals surface area contributed by atoms with E-state index in [4.69, 9.17) is 4.74 Å². The van der Waals surface area contributed by atoms with Crippen LogP contribution in [0.1, 0.15) is 31.7 Å². The fourth-order valence-electron chi connectivity index (χ4n) is 3.05. The molecule has 2 aromatic carbocycles. The van der Waals surface area contributed by atoms with Crippen LogP contribution in [0.2, 0.25) is 0 Å². The molecule has 0 amide bonds. The maximum Gasteiger partial charge on any atom is 0.291 e. The second-order valence-corrected chi connectivity index (χ2v) is 8.79. The number of nitrogens with zero attached hydrogens (tertiary/aromatic N) is 3. The molecule has 0 aliphatic rings. The predicted octanol–water partition coefficient (Wildman–Crippen LogP) is 4.66. The minimum absolute atomic E-state index is 0.140. The van der Waals surface area contributed by atoms with Crippen molar-refractivity contribution in [1.82, 2.24) is 14.6 Å². The van der Waals surface area contributed by atoms with Gasteiger partial charge in [0.25, 0.3) is 5.56 Å². The summed E-state index contributed by atoms with van der Waals surface area (Å²) < 4.78 is 7.76. The van der Waals surface area contributed by atoms with Crippen molar-refractivity contribution in [3.8, 4) is 17.1 Å². The molecule has 0 unspecified atom stereocenters. The number of fused-ring (bicyclic) bond motifs is 1. The van der Waals surface area contributed by atoms with E-state index in [1.54, 1.807) is 11.8 Å². The topological polar surface area (TPSA) is 56.5 Å². The largest absolute Gasteiger partial charge is 0.494 e. The number of thiazole rings is 1. The third kappa shape index (κ3) is 4.57. The Morgan fingerprint density at radius 1 is 1.10 bits per heavy atom. The third-order valence-corrected chi connectivity index (χ3v) is 6.43. The number of hydrogen-bond donors (Lipinski definition) is 0. The first-order valence-electron chi connectivity index (χ1n) is 9.96. The van der Waals surface area contributed by atoms with Crippen LogP contribution in [0, 0.1) is 0 Å². The van der Waals surface area contributed by atoms with Gasteiger partial charge in [0.2, 0.25) is 4.96 Å². The molecular formula is C23H23N3O2S2. The summed E-state index contributed by atoms with van der Waals surface area (Å²) in [5.74, 6) is 1.39. The average molecular weight is 438 g/mol. The molecule has 0 saturated heterocycles. The fraction of sp³-hybridized carbons (Fsp3) is 0.261. The van der Waals surface area contributed by atoms with Gasteiger partial charge >= 0.3 is 0 Å². The van der Waals surface area contributed by atoms with Gasteiger partial charge < -0.3 is 4.74 Å². The van der Waals surface area contributed by atoms with E-state index in [9.17, 15) is 4.79 Å². The summed E-state index contributed by atoms with van der Waals surface area (Å²) in [5, 5.41) is 4.43. The smallest absolute Gasteiger partial charge is 0.291 e. The van der Waals surface area contributed by atoms with E-state index >= 15 is 0 Å². The molecule has 0 atom stereocenters. The van der Waals surface area contributed by atoms with E-state index in [-0.39, 0.29) is 5.56 Å². The van der Waals surface area contributed by atoms with E-state index < -0.39 is 0 Å². The van der Waals surface area contributed by atoms with Gasteiger partial charge in [0.1, 0.15) is 5.75 Å². The first-order valence-corrected chi connectivity index (χ1v) is 12.0. The van der Waals surface area contributed by atoms with Gasteiger partial charge in [-0.3, -0.25) is 4.79 Å². The predicted molar refractivity (Wildman–Crippen MR) is 125 cm³/mol. The Bertz CT molecular complexity index is 1230. The average Bonchev–Trinajstić information content (AvgIpc) is 3.32. The fourth-order valence-corrected chi connectivity index (χ4v) is 4.37. The van der Waals surface area contributed by atoms with Crippen LogP contribution in [-0.4, -0.2) is 27.5 Å². The van der Waals surface area contributed by atoms with Crippen LogP contribution >= 0.6 is 23.1 Å². The Hall–Kier alpha value is -2.64. The second-order valence-electron chi connectivity index (χ2n) is 6.90. The minimum atomic E-state index is -0.140. The Labute approximate surface area is 183 Å². The molecule has 30 heavy (non-hydrogen) atoms. The van der Waals surface area contributed by atoms with Crippen molar-refractivity contribution in [3.63, 3.8) is 0 Å². The lowest BCUT2D eigenvalue weighted by Gasteiger charge is -2.05. The highest BCUT2D eigenvalue weighted by Crippen LogP contribution is 2.21. The molecule has 5 nitrogen and oxygen atoms in total. The maximum absolute atomic E-state index is 12.7. The normalized spacial score (nSPS) is 12.0. The Balaban J connectivity index is 1.54. The lowest BCUT2D eigenvalue weighted by atomic mass is 10.2. The van der Waals surface area contributed by atoms with Gasteiger partial charge in [-0.25, -0.2) is 0 Å². The summed E-state index contributed by atoms with van der Waals surface area (Å²) in [5.41, 5.74) is 1.71. The minimum Gasteiger partial charge on any atom is -0.494 e. The highest BCUT2D eigenvalue weighted by Gasteiger charge is 2.12. The van der Waals surface area contributed by atoms with Crippen molar-refractivity contribution in [1.29, 1.82) is 0 Å². The number of thioether (sulfide) groups is 1. The zero-order valence-electron chi connectivity index (χ0n) is 17.0. The van der Waals surface area contributed by atoms with Crippen molar-refractivity contribution < 1.29 is 4.74 Å². The molecule has 0 spiro atoms. The van der Waals surface area contributed by atoms with Gasteiger partial charge in [-0.1, -0.05) is 43.2 Å². The molecule has 0 saturated carbocycles. The summed E-state index contributed by atoms with van der Waals surface area (Å²) in [6.45, 7) is 2.90. The number of aromatic nitrogens is 3. The van der Waals surface area contributed by atoms with Gasteiger partial charge in [0.05, 0.1) is 11.1 Å². The van der Waals surface area contributed by atoms with Crippen LogP contribution in [0.4, 0.5) is 0 Å². The molecule has 4 aromatic rings. The Morgan fingerprint density at radius 2 is 1.87 bits per heavy atom. The van der Waals surface area contributed by atoms with Crippen molar-refractivity contribution in [2.75, 3.05) is 12.9 Å². The first kappa shape index (κ1) is 20.6. The number of hydrogen-bond acceptors (Lipinski definition) is 6.